The Labute approximate surface area is 358 Å². The average molecular weight is 879 g/mol. The van der Waals surface area contributed by atoms with Crippen molar-refractivity contribution in [3.8, 4) is 16.9 Å². The summed E-state index contributed by atoms with van der Waals surface area (Å²) in [6, 6.07) is 36.5. The number of nitrogens with one attached hydrogen (secondary N) is 2. The van der Waals surface area contributed by atoms with Crippen molar-refractivity contribution in [1.82, 2.24) is 14.6 Å². The molecule has 0 aliphatic heterocycles. The first-order chi connectivity index (χ1) is 29.2. The molecule has 1 heterocycles. The smallest absolute Gasteiger partial charge is 0.289 e. The Morgan fingerprint density at radius 1 is 0.738 bits per heavy atom. The predicted octanol–water partition coefficient (Wildman–Crippen LogP) is 8.91. The van der Waals surface area contributed by atoms with Gasteiger partial charge in [-0.1, -0.05) is 89.9 Å². The molecule has 0 bridgehead atoms. The summed E-state index contributed by atoms with van der Waals surface area (Å²) in [5, 5.41) is 26.1. The number of amides is 2. The fourth-order valence-corrected chi connectivity index (χ4v) is 7.90. The number of nitro groups is 2. The number of hydrogen-bond donors (Lipinski definition) is 2. The molecule has 7 rings (SSSR count). The number of aromatic nitrogens is 1. The number of halogens is 2. The van der Waals surface area contributed by atoms with Gasteiger partial charge in [-0.2, -0.15) is 0 Å². The maximum atomic E-state index is 14.2. The highest BCUT2D eigenvalue weighted by molar-refractivity contribution is 7.90. The van der Waals surface area contributed by atoms with Gasteiger partial charge in [-0.25, -0.2) is 13.1 Å². The van der Waals surface area contributed by atoms with Crippen LogP contribution in [0.4, 0.5) is 11.4 Å². The molecule has 6 aromatic carbocycles. The number of nitrogens with zero attached hydrogens (tertiary/aromatic N) is 3. The van der Waals surface area contributed by atoms with E-state index in [1.54, 1.807) is 54.7 Å². The molecule has 2 N–H and O–H groups in total. The van der Waals surface area contributed by atoms with Crippen LogP contribution >= 0.6 is 23.2 Å². The largest absolute Gasteiger partial charge is 0.489 e. The van der Waals surface area contributed by atoms with Crippen LogP contribution in [0.25, 0.3) is 22.0 Å². The molecule has 0 radical (unpaired) electrons. The van der Waals surface area contributed by atoms with Crippen molar-refractivity contribution in [2.45, 2.75) is 30.5 Å². The highest BCUT2D eigenvalue weighted by atomic mass is 35.5. The van der Waals surface area contributed by atoms with Crippen LogP contribution in [0.2, 0.25) is 10.0 Å². The van der Waals surface area contributed by atoms with Gasteiger partial charge in [-0.3, -0.25) is 29.8 Å². The van der Waals surface area contributed by atoms with Crippen LogP contribution in [0.3, 0.4) is 0 Å². The van der Waals surface area contributed by atoms with Gasteiger partial charge < -0.3 is 14.6 Å². The number of sulfonamides is 1. The van der Waals surface area contributed by atoms with Gasteiger partial charge in [0.05, 0.1) is 20.3 Å². The predicted molar refractivity (Wildman–Crippen MR) is 230 cm³/mol. The zero-order chi connectivity index (χ0) is 43.3. The average Bonchev–Trinajstić information content (AvgIpc) is 3.61. The molecule has 0 spiro atoms. The fraction of sp³-hybridized carbons (Fsp3) is 0.0909. The highest BCUT2D eigenvalue weighted by Crippen LogP contribution is 2.28. The Bertz CT molecular complexity index is 2890. The standard InChI is InChI=1S/C44H33Cl2N5O9S/c45-33-15-13-32(14-16-33)31-11-5-29(6-12-31)25-49-26-38(37-3-1-2-4-41(37)49)43(52)47-40(44(53)48-61(58,59)36-21-22-39(46)42(24-36)51(56)57)23-28-9-19-35(20-10-28)60-27-30-7-17-34(18-8-30)50(54)55/h1-22,24,26,40H,23,25,27H2,(H,47,52)(H,48,53)/t40-/m0/s1. The van der Waals surface area contributed by atoms with E-state index < -0.39 is 48.3 Å². The molecule has 0 aliphatic carbocycles. The summed E-state index contributed by atoms with van der Waals surface area (Å²) >= 11 is 12.0. The second-order valence-electron chi connectivity index (χ2n) is 13.8. The molecule has 0 fully saturated rings. The van der Waals surface area contributed by atoms with E-state index in [1.807, 2.05) is 70.0 Å². The first-order valence-electron chi connectivity index (χ1n) is 18.4. The van der Waals surface area contributed by atoms with Crippen molar-refractivity contribution in [3.63, 3.8) is 0 Å². The molecule has 7 aromatic rings. The Hall–Kier alpha value is -7.07. The third kappa shape index (κ3) is 10.0. The molecule has 0 unspecified atom stereocenters. The summed E-state index contributed by atoms with van der Waals surface area (Å²) in [6.45, 7) is 0.518. The molecule has 14 nitrogen and oxygen atoms in total. The summed E-state index contributed by atoms with van der Waals surface area (Å²) in [5.74, 6) is -1.32. The maximum absolute atomic E-state index is 14.2. The van der Waals surface area contributed by atoms with Gasteiger partial charge in [0.25, 0.3) is 33.2 Å². The molecule has 0 aliphatic rings. The molecule has 0 saturated heterocycles. The third-order valence-corrected chi connectivity index (χ3v) is 11.6. The molecule has 308 valence electrons. The minimum Gasteiger partial charge on any atom is -0.489 e. The number of para-hydroxylation sites is 1. The first kappa shape index (κ1) is 42.1. The SMILES string of the molecule is O=C(N[C@@H](Cc1ccc(OCc2ccc([N+](=O)[O-])cc2)cc1)C(=O)NS(=O)(=O)c1ccc(Cl)c([N+](=O)[O-])c1)c1cn(Cc2ccc(-c3ccc(Cl)cc3)cc2)c2ccccc12. The molecule has 1 atom stereocenters. The van der Waals surface area contributed by atoms with Gasteiger partial charge >= 0.3 is 0 Å². The molecule has 1 aromatic heterocycles. The van der Waals surface area contributed by atoms with E-state index in [1.165, 1.54) is 12.1 Å². The number of carbonyl (C=O) groups is 2. The van der Waals surface area contributed by atoms with E-state index in [9.17, 15) is 38.2 Å². The van der Waals surface area contributed by atoms with Crippen LogP contribution in [0.5, 0.6) is 5.75 Å². The minimum absolute atomic E-state index is 0.0521. The molecular weight excluding hydrogens is 845 g/mol. The second-order valence-corrected chi connectivity index (χ2v) is 16.3. The number of benzene rings is 6. The number of hydrogen-bond acceptors (Lipinski definition) is 9. The Morgan fingerprint density at radius 3 is 2.02 bits per heavy atom. The third-order valence-electron chi connectivity index (χ3n) is 9.71. The van der Waals surface area contributed by atoms with Crippen LogP contribution in [0.1, 0.15) is 27.0 Å². The van der Waals surface area contributed by atoms with Crippen molar-refractivity contribution < 1.29 is 32.6 Å². The lowest BCUT2D eigenvalue weighted by molar-refractivity contribution is -0.385. The van der Waals surface area contributed by atoms with Gasteiger partial charge in [0, 0.05) is 53.3 Å². The van der Waals surface area contributed by atoms with Crippen molar-refractivity contribution in [3.05, 3.63) is 198 Å². The Balaban J connectivity index is 1.13. The fourth-order valence-electron chi connectivity index (χ4n) is 6.55. The maximum Gasteiger partial charge on any atom is 0.289 e. The molecule has 2 amide bonds. The van der Waals surface area contributed by atoms with Crippen LogP contribution in [0, 0.1) is 20.2 Å². The number of rotatable bonds is 15. The topological polar surface area (TPSA) is 193 Å². The van der Waals surface area contributed by atoms with E-state index in [-0.39, 0.29) is 29.3 Å². The zero-order valence-corrected chi connectivity index (χ0v) is 34.1. The van der Waals surface area contributed by atoms with Gasteiger partial charge in [0.2, 0.25) is 0 Å². The van der Waals surface area contributed by atoms with Crippen molar-refractivity contribution in [2.75, 3.05) is 0 Å². The highest BCUT2D eigenvalue weighted by Gasteiger charge is 2.29. The van der Waals surface area contributed by atoms with Crippen molar-refractivity contribution >= 4 is 67.3 Å². The summed E-state index contributed by atoms with van der Waals surface area (Å²) in [6.07, 6.45) is 1.50. The lowest BCUT2D eigenvalue weighted by Crippen LogP contribution is -2.49. The second kappa shape index (κ2) is 18.0. The Morgan fingerprint density at radius 2 is 1.36 bits per heavy atom. The van der Waals surface area contributed by atoms with Crippen molar-refractivity contribution in [2.24, 2.45) is 0 Å². The normalized spacial score (nSPS) is 11.8. The van der Waals surface area contributed by atoms with Crippen LogP contribution in [0.15, 0.2) is 151 Å². The van der Waals surface area contributed by atoms with E-state index in [0.29, 0.717) is 33.8 Å². The number of non-ortho nitro benzene ring substituents is 1. The van der Waals surface area contributed by atoms with E-state index in [0.717, 1.165) is 40.4 Å². The van der Waals surface area contributed by atoms with E-state index >= 15 is 0 Å². The quantitative estimate of drug-likeness (QED) is 0.0747. The first-order valence-corrected chi connectivity index (χ1v) is 20.7. The zero-order valence-electron chi connectivity index (χ0n) is 31.7. The van der Waals surface area contributed by atoms with E-state index in [4.69, 9.17) is 27.9 Å². The lowest BCUT2D eigenvalue weighted by Gasteiger charge is -2.19. The number of ether oxygens (including phenoxy) is 1. The van der Waals surface area contributed by atoms with Crippen LogP contribution < -0.4 is 14.8 Å². The summed E-state index contributed by atoms with van der Waals surface area (Å²) in [7, 11) is -4.69. The monoisotopic (exact) mass is 877 g/mol. The van der Waals surface area contributed by atoms with Gasteiger partial charge in [-0.05, 0) is 82.4 Å². The molecule has 61 heavy (non-hydrogen) atoms. The van der Waals surface area contributed by atoms with Gasteiger partial charge in [0.1, 0.15) is 23.4 Å². The Kier molecular flexibility index (Phi) is 12.4. The molecular formula is C44H33Cl2N5O9S. The minimum atomic E-state index is -4.69. The van der Waals surface area contributed by atoms with Crippen LogP contribution in [-0.4, -0.2) is 40.7 Å². The van der Waals surface area contributed by atoms with Gasteiger partial charge in [0.15, 0.2) is 0 Å². The molecule has 17 heteroatoms. The van der Waals surface area contributed by atoms with Crippen molar-refractivity contribution in [1.29, 1.82) is 0 Å². The lowest BCUT2D eigenvalue weighted by atomic mass is 10.0. The number of carbonyl (C=O) groups excluding carboxylic acids is 2. The number of nitro benzene ring substituents is 2. The van der Waals surface area contributed by atoms with Gasteiger partial charge in [-0.15, -0.1) is 0 Å². The summed E-state index contributed by atoms with van der Waals surface area (Å²) in [4.78, 5) is 48.6. The van der Waals surface area contributed by atoms with Crippen LogP contribution in [-0.2, 0) is 34.4 Å². The summed E-state index contributed by atoms with van der Waals surface area (Å²) < 4.78 is 36.5. The summed E-state index contributed by atoms with van der Waals surface area (Å²) in [5.41, 5.74) is 4.42. The van der Waals surface area contributed by atoms with E-state index in [2.05, 4.69) is 5.32 Å². The number of fused-ring (bicyclic) bond motifs is 1. The molecule has 0 saturated carbocycles.